The molecular formula is C17H21N3O. The Kier molecular flexibility index (Phi) is 5.46. The maximum Gasteiger partial charge on any atom is 0.222 e. The monoisotopic (exact) mass is 283 g/mol. The Morgan fingerprint density at radius 1 is 1.19 bits per heavy atom. The minimum atomic E-state index is -0.0931. The topological polar surface area (TPSA) is 59.2 Å². The van der Waals surface area contributed by atoms with E-state index in [1.165, 1.54) is 0 Å². The molecule has 0 aliphatic rings. The standard InChI is InChI=1S/C17H21N3O/c1-20(13-14-9-11-19-12-10-14)17(21)8-7-16(18)15-5-3-2-4-6-15/h2-6,9-12,16H,7-8,13,18H2,1H3. The third kappa shape index (κ3) is 4.68. The summed E-state index contributed by atoms with van der Waals surface area (Å²) in [5.41, 5.74) is 8.27. The molecule has 0 saturated carbocycles. The van der Waals surface area contributed by atoms with Gasteiger partial charge in [-0.2, -0.15) is 0 Å². The highest BCUT2D eigenvalue weighted by molar-refractivity contribution is 5.75. The van der Waals surface area contributed by atoms with Crippen LogP contribution in [0.1, 0.15) is 30.0 Å². The van der Waals surface area contributed by atoms with Crippen LogP contribution in [0, 0.1) is 0 Å². The lowest BCUT2D eigenvalue weighted by Crippen LogP contribution is -2.27. The molecule has 1 aromatic carbocycles. The van der Waals surface area contributed by atoms with Crippen LogP contribution < -0.4 is 5.73 Å². The predicted molar refractivity (Wildman–Crippen MR) is 83.3 cm³/mol. The molecule has 0 fully saturated rings. The summed E-state index contributed by atoms with van der Waals surface area (Å²) in [6, 6.07) is 13.6. The zero-order chi connectivity index (χ0) is 15.1. The maximum atomic E-state index is 12.1. The summed E-state index contributed by atoms with van der Waals surface area (Å²) in [4.78, 5) is 17.8. The number of aromatic nitrogens is 1. The Labute approximate surface area is 125 Å². The van der Waals surface area contributed by atoms with E-state index in [2.05, 4.69) is 4.98 Å². The quantitative estimate of drug-likeness (QED) is 0.886. The molecule has 1 atom stereocenters. The van der Waals surface area contributed by atoms with Gasteiger partial charge in [0.2, 0.25) is 5.91 Å². The number of hydrogen-bond donors (Lipinski definition) is 1. The lowest BCUT2D eigenvalue weighted by molar-refractivity contribution is -0.130. The van der Waals surface area contributed by atoms with E-state index in [0.29, 0.717) is 19.4 Å². The summed E-state index contributed by atoms with van der Waals surface area (Å²) < 4.78 is 0. The van der Waals surface area contributed by atoms with Crippen LogP contribution >= 0.6 is 0 Å². The highest BCUT2D eigenvalue weighted by atomic mass is 16.2. The van der Waals surface area contributed by atoms with E-state index < -0.39 is 0 Å². The van der Waals surface area contributed by atoms with Crippen molar-refractivity contribution in [1.29, 1.82) is 0 Å². The molecule has 2 aromatic rings. The summed E-state index contributed by atoms with van der Waals surface area (Å²) in [5.74, 6) is 0.109. The van der Waals surface area contributed by atoms with E-state index in [1.54, 1.807) is 17.3 Å². The Bertz CT molecular complexity index is 557. The number of amides is 1. The second kappa shape index (κ2) is 7.55. The number of carbonyl (C=O) groups is 1. The molecule has 0 aliphatic carbocycles. The first-order chi connectivity index (χ1) is 10.2. The summed E-state index contributed by atoms with van der Waals surface area (Å²) in [7, 11) is 1.82. The van der Waals surface area contributed by atoms with Crippen LogP contribution in [-0.4, -0.2) is 22.8 Å². The van der Waals surface area contributed by atoms with Crippen LogP contribution in [-0.2, 0) is 11.3 Å². The van der Waals surface area contributed by atoms with Gasteiger partial charge in [-0.25, -0.2) is 0 Å². The van der Waals surface area contributed by atoms with Crippen molar-refractivity contribution in [1.82, 2.24) is 9.88 Å². The van der Waals surface area contributed by atoms with Crippen molar-refractivity contribution in [2.45, 2.75) is 25.4 Å². The molecule has 110 valence electrons. The number of rotatable bonds is 6. The van der Waals surface area contributed by atoms with Gasteiger partial charge in [0, 0.05) is 38.4 Å². The van der Waals surface area contributed by atoms with E-state index in [-0.39, 0.29) is 11.9 Å². The summed E-state index contributed by atoms with van der Waals surface area (Å²) in [6.45, 7) is 0.599. The number of benzene rings is 1. The number of pyridine rings is 1. The number of nitrogens with zero attached hydrogens (tertiary/aromatic N) is 2. The van der Waals surface area contributed by atoms with Gasteiger partial charge < -0.3 is 10.6 Å². The first kappa shape index (κ1) is 15.2. The first-order valence-electron chi connectivity index (χ1n) is 7.10. The molecule has 1 heterocycles. The van der Waals surface area contributed by atoms with Gasteiger partial charge >= 0.3 is 0 Å². The number of nitrogens with two attached hydrogens (primary N) is 1. The van der Waals surface area contributed by atoms with Crippen molar-refractivity contribution in [3.63, 3.8) is 0 Å². The highest BCUT2D eigenvalue weighted by Gasteiger charge is 2.12. The van der Waals surface area contributed by atoms with Crippen LogP contribution in [0.4, 0.5) is 0 Å². The normalized spacial score (nSPS) is 11.9. The number of hydrogen-bond acceptors (Lipinski definition) is 3. The van der Waals surface area contributed by atoms with Crippen molar-refractivity contribution in [2.75, 3.05) is 7.05 Å². The molecule has 4 heteroatoms. The highest BCUT2D eigenvalue weighted by Crippen LogP contribution is 2.16. The predicted octanol–water partition coefficient (Wildman–Crippen LogP) is 2.52. The molecule has 0 saturated heterocycles. The molecule has 0 aliphatic heterocycles. The third-order valence-electron chi connectivity index (χ3n) is 3.49. The van der Waals surface area contributed by atoms with Crippen molar-refractivity contribution < 1.29 is 4.79 Å². The Hall–Kier alpha value is -2.20. The van der Waals surface area contributed by atoms with Gasteiger partial charge in [-0.05, 0) is 29.7 Å². The summed E-state index contributed by atoms with van der Waals surface area (Å²) in [5, 5.41) is 0. The molecule has 2 N–H and O–H groups in total. The molecule has 1 amide bonds. The van der Waals surface area contributed by atoms with E-state index in [1.807, 2.05) is 49.5 Å². The molecule has 2 rings (SSSR count). The van der Waals surface area contributed by atoms with E-state index in [4.69, 9.17) is 5.73 Å². The smallest absolute Gasteiger partial charge is 0.222 e. The van der Waals surface area contributed by atoms with Crippen molar-refractivity contribution >= 4 is 5.91 Å². The summed E-state index contributed by atoms with van der Waals surface area (Å²) in [6.07, 6.45) is 4.58. The average molecular weight is 283 g/mol. The van der Waals surface area contributed by atoms with Crippen LogP contribution in [0.5, 0.6) is 0 Å². The molecule has 1 unspecified atom stereocenters. The minimum absolute atomic E-state index is 0.0931. The SMILES string of the molecule is CN(Cc1ccncc1)C(=O)CCC(N)c1ccccc1. The summed E-state index contributed by atoms with van der Waals surface area (Å²) >= 11 is 0. The third-order valence-corrected chi connectivity index (χ3v) is 3.49. The molecule has 21 heavy (non-hydrogen) atoms. The van der Waals surface area contributed by atoms with Gasteiger partial charge in [-0.1, -0.05) is 30.3 Å². The van der Waals surface area contributed by atoms with Gasteiger partial charge in [-0.3, -0.25) is 9.78 Å². The maximum absolute atomic E-state index is 12.1. The second-order valence-electron chi connectivity index (χ2n) is 5.16. The molecule has 0 radical (unpaired) electrons. The molecule has 0 spiro atoms. The van der Waals surface area contributed by atoms with Crippen molar-refractivity contribution in [3.05, 3.63) is 66.0 Å². The van der Waals surface area contributed by atoms with Gasteiger partial charge in [0.05, 0.1) is 0 Å². The Balaban J connectivity index is 1.81. The van der Waals surface area contributed by atoms with Crippen LogP contribution in [0.15, 0.2) is 54.9 Å². The lowest BCUT2D eigenvalue weighted by atomic mass is 10.0. The fourth-order valence-electron chi connectivity index (χ4n) is 2.19. The molecule has 0 bridgehead atoms. The second-order valence-corrected chi connectivity index (χ2v) is 5.16. The van der Waals surface area contributed by atoms with E-state index >= 15 is 0 Å². The zero-order valence-corrected chi connectivity index (χ0v) is 12.3. The number of carbonyl (C=O) groups excluding carboxylic acids is 1. The fraction of sp³-hybridized carbons (Fsp3) is 0.294. The van der Waals surface area contributed by atoms with Crippen LogP contribution in [0.2, 0.25) is 0 Å². The van der Waals surface area contributed by atoms with Gasteiger partial charge in [0.1, 0.15) is 0 Å². The van der Waals surface area contributed by atoms with Crippen molar-refractivity contribution in [3.8, 4) is 0 Å². The molecular weight excluding hydrogens is 262 g/mol. The Morgan fingerprint density at radius 3 is 2.52 bits per heavy atom. The van der Waals surface area contributed by atoms with E-state index in [9.17, 15) is 4.79 Å². The van der Waals surface area contributed by atoms with Gasteiger partial charge in [0.15, 0.2) is 0 Å². The van der Waals surface area contributed by atoms with E-state index in [0.717, 1.165) is 11.1 Å². The largest absolute Gasteiger partial charge is 0.341 e. The minimum Gasteiger partial charge on any atom is -0.341 e. The van der Waals surface area contributed by atoms with Crippen LogP contribution in [0.3, 0.4) is 0 Å². The average Bonchev–Trinajstić information content (AvgIpc) is 2.54. The molecule has 1 aromatic heterocycles. The fourth-order valence-corrected chi connectivity index (χ4v) is 2.19. The van der Waals surface area contributed by atoms with Gasteiger partial charge in [-0.15, -0.1) is 0 Å². The van der Waals surface area contributed by atoms with Gasteiger partial charge in [0.25, 0.3) is 0 Å². The molecule has 4 nitrogen and oxygen atoms in total. The Morgan fingerprint density at radius 2 is 1.86 bits per heavy atom. The van der Waals surface area contributed by atoms with Crippen LogP contribution in [0.25, 0.3) is 0 Å². The zero-order valence-electron chi connectivity index (χ0n) is 12.3. The lowest BCUT2D eigenvalue weighted by Gasteiger charge is -2.18. The van der Waals surface area contributed by atoms with Crippen molar-refractivity contribution in [2.24, 2.45) is 5.73 Å². The first-order valence-corrected chi connectivity index (χ1v) is 7.10.